The molecule has 0 unspecified atom stereocenters. The van der Waals surface area contributed by atoms with Gasteiger partial charge in [-0.25, -0.2) is 4.39 Å². The van der Waals surface area contributed by atoms with Gasteiger partial charge in [0, 0.05) is 6.08 Å². The van der Waals surface area contributed by atoms with E-state index in [1.807, 2.05) is 0 Å². The third-order valence-electron chi connectivity index (χ3n) is 0.377. The fourth-order valence-electron chi connectivity index (χ4n) is 0.142. The van der Waals surface area contributed by atoms with Gasteiger partial charge in [-0.15, -0.1) is 0 Å². The SMILES string of the molecule is C=C(F)/C=C/[N+](=O)[O-]. The lowest BCUT2D eigenvalue weighted by atomic mass is 10.6. The van der Waals surface area contributed by atoms with Gasteiger partial charge in [-0.1, -0.05) is 6.58 Å². The molecule has 44 valence electrons. The molecule has 4 heteroatoms. The number of hydrogen-bond acceptors (Lipinski definition) is 2. The summed E-state index contributed by atoms with van der Waals surface area (Å²) in [5.41, 5.74) is 0. The summed E-state index contributed by atoms with van der Waals surface area (Å²) in [6.07, 6.45) is 1.17. The molecule has 0 saturated heterocycles. The van der Waals surface area contributed by atoms with Crippen molar-refractivity contribution in [3.8, 4) is 0 Å². The summed E-state index contributed by atoms with van der Waals surface area (Å²) in [6, 6.07) is 0. The Morgan fingerprint density at radius 2 is 2.38 bits per heavy atom. The lowest BCUT2D eigenvalue weighted by molar-refractivity contribution is -0.402. The molecule has 0 aromatic rings. The summed E-state index contributed by atoms with van der Waals surface area (Å²) in [6.45, 7) is 2.77. The molecule has 0 atom stereocenters. The van der Waals surface area contributed by atoms with E-state index in [-0.39, 0.29) is 0 Å². The van der Waals surface area contributed by atoms with E-state index < -0.39 is 10.8 Å². The molecule has 0 radical (unpaired) electrons. The Hall–Kier alpha value is -1.19. The highest BCUT2D eigenvalue weighted by Crippen LogP contribution is 1.91. The minimum Gasteiger partial charge on any atom is -0.259 e. The molecule has 0 N–H and O–H groups in total. The van der Waals surface area contributed by atoms with Gasteiger partial charge in [-0.2, -0.15) is 0 Å². The van der Waals surface area contributed by atoms with E-state index in [0.29, 0.717) is 12.3 Å². The summed E-state index contributed by atoms with van der Waals surface area (Å²) < 4.78 is 11.5. The molecule has 0 spiro atoms. The zero-order chi connectivity index (χ0) is 6.57. The van der Waals surface area contributed by atoms with Crippen LogP contribution in [0.2, 0.25) is 0 Å². The first-order valence-corrected chi connectivity index (χ1v) is 1.79. The average Bonchev–Trinajstić information content (AvgIpc) is 1.61. The van der Waals surface area contributed by atoms with Crippen molar-refractivity contribution in [1.29, 1.82) is 0 Å². The van der Waals surface area contributed by atoms with Crippen molar-refractivity contribution >= 4 is 0 Å². The smallest absolute Gasteiger partial charge is 0.237 e. The third-order valence-corrected chi connectivity index (χ3v) is 0.377. The highest BCUT2D eigenvalue weighted by molar-refractivity contribution is 5.02. The molecular formula is C4H4FNO2. The van der Waals surface area contributed by atoms with Crippen LogP contribution in [0.1, 0.15) is 0 Å². The number of nitro groups is 1. The van der Waals surface area contributed by atoms with Gasteiger partial charge in [0.05, 0.1) is 4.92 Å². The molecule has 0 aliphatic rings. The Morgan fingerprint density at radius 1 is 1.88 bits per heavy atom. The number of nitrogens with zero attached hydrogens (tertiary/aromatic N) is 1. The summed E-state index contributed by atoms with van der Waals surface area (Å²) in [5, 5.41) is 9.41. The van der Waals surface area contributed by atoms with Crippen molar-refractivity contribution < 1.29 is 9.31 Å². The average molecular weight is 117 g/mol. The Kier molecular flexibility index (Phi) is 2.47. The standard InChI is InChI=1S/C4H4FNO2/c1-4(5)2-3-6(7)8/h2-3H,1H2/b3-2+. The van der Waals surface area contributed by atoms with Gasteiger partial charge in [0.2, 0.25) is 6.20 Å². The first-order valence-electron chi connectivity index (χ1n) is 1.79. The lowest BCUT2D eigenvalue weighted by Gasteiger charge is -1.74. The summed E-state index contributed by atoms with van der Waals surface area (Å²) >= 11 is 0. The summed E-state index contributed by atoms with van der Waals surface area (Å²) in [4.78, 5) is 8.66. The number of hydrogen-bond donors (Lipinski definition) is 0. The van der Waals surface area contributed by atoms with Crippen LogP contribution in [0.4, 0.5) is 4.39 Å². The van der Waals surface area contributed by atoms with E-state index in [4.69, 9.17) is 0 Å². The van der Waals surface area contributed by atoms with Gasteiger partial charge in [0.15, 0.2) is 0 Å². The maximum atomic E-state index is 11.5. The van der Waals surface area contributed by atoms with Crippen LogP contribution in [0.5, 0.6) is 0 Å². The lowest BCUT2D eigenvalue weighted by Crippen LogP contribution is -1.81. The second kappa shape index (κ2) is 2.90. The first-order chi connectivity index (χ1) is 3.63. The highest BCUT2D eigenvalue weighted by Gasteiger charge is 1.84. The molecular weight excluding hydrogens is 113 g/mol. The van der Waals surface area contributed by atoms with Crippen LogP contribution in [0.15, 0.2) is 24.7 Å². The Labute approximate surface area is 45.3 Å². The second-order valence-electron chi connectivity index (χ2n) is 1.05. The maximum absolute atomic E-state index is 11.5. The Bertz CT molecular complexity index is 125. The number of rotatable bonds is 2. The van der Waals surface area contributed by atoms with Crippen molar-refractivity contribution in [2.45, 2.75) is 0 Å². The van der Waals surface area contributed by atoms with Gasteiger partial charge >= 0.3 is 0 Å². The van der Waals surface area contributed by atoms with E-state index in [9.17, 15) is 14.5 Å². The molecule has 8 heavy (non-hydrogen) atoms. The van der Waals surface area contributed by atoms with E-state index in [1.165, 1.54) is 0 Å². The fraction of sp³-hybridized carbons (Fsp3) is 0. The van der Waals surface area contributed by atoms with Crippen LogP contribution in [0, 0.1) is 10.1 Å². The van der Waals surface area contributed by atoms with Crippen LogP contribution in [0.25, 0.3) is 0 Å². The molecule has 3 nitrogen and oxygen atoms in total. The van der Waals surface area contributed by atoms with Crippen LogP contribution >= 0.6 is 0 Å². The summed E-state index contributed by atoms with van der Waals surface area (Å²) in [7, 11) is 0. The third kappa shape index (κ3) is 4.81. The van der Waals surface area contributed by atoms with Crippen molar-refractivity contribution in [3.63, 3.8) is 0 Å². The minimum atomic E-state index is -0.818. The molecule has 0 saturated carbocycles. The van der Waals surface area contributed by atoms with E-state index >= 15 is 0 Å². The van der Waals surface area contributed by atoms with Gasteiger partial charge < -0.3 is 0 Å². The van der Waals surface area contributed by atoms with Crippen LogP contribution in [-0.2, 0) is 0 Å². The normalized spacial score (nSPS) is 9.62. The predicted molar refractivity (Wildman–Crippen MR) is 26.4 cm³/mol. The van der Waals surface area contributed by atoms with Gasteiger partial charge in [-0.3, -0.25) is 10.1 Å². The van der Waals surface area contributed by atoms with Crippen molar-refractivity contribution in [3.05, 3.63) is 34.8 Å². The van der Waals surface area contributed by atoms with Crippen LogP contribution < -0.4 is 0 Å². The monoisotopic (exact) mass is 117 g/mol. The second-order valence-corrected chi connectivity index (χ2v) is 1.05. The molecule has 0 aliphatic heterocycles. The highest BCUT2D eigenvalue weighted by atomic mass is 19.1. The van der Waals surface area contributed by atoms with Gasteiger partial charge in [0.25, 0.3) is 0 Å². The van der Waals surface area contributed by atoms with Crippen molar-refractivity contribution in [2.24, 2.45) is 0 Å². The quantitative estimate of drug-likeness (QED) is 0.310. The molecule has 0 bridgehead atoms. The van der Waals surface area contributed by atoms with Gasteiger partial charge in [0.1, 0.15) is 5.83 Å². The van der Waals surface area contributed by atoms with Crippen LogP contribution in [-0.4, -0.2) is 4.92 Å². The van der Waals surface area contributed by atoms with E-state index in [0.717, 1.165) is 0 Å². The van der Waals surface area contributed by atoms with Crippen LogP contribution in [0.3, 0.4) is 0 Å². The molecule has 0 aromatic carbocycles. The molecule has 0 aliphatic carbocycles. The predicted octanol–water partition coefficient (Wildman–Crippen LogP) is 1.26. The fourth-order valence-corrected chi connectivity index (χ4v) is 0.142. The zero-order valence-corrected chi connectivity index (χ0v) is 4.00. The minimum absolute atomic E-state index is 0.488. The molecule has 0 fully saturated rings. The van der Waals surface area contributed by atoms with E-state index in [2.05, 4.69) is 6.58 Å². The largest absolute Gasteiger partial charge is 0.259 e. The maximum Gasteiger partial charge on any atom is 0.237 e. The first kappa shape index (κ1) is 6.81. The van der Waals surface area contributed by atoms with Gasteiger partial charge in [-0.05, 0) is 0 Å². The molecule has 0 rings (SSSR count). The van der Waals surface area contributed by atoms with Crippen molar-refractivity contribution in [1.82, 2.24) is 0 Å². The Morgan fingerprint density at radius 3 is 2.50 bits per heavy atom. The molecule has 0 amide bonds. The van der Waals surface area contributed by atoms with Crippen molar-refractivity contribution in [2.75, 3.05) is 0 Å². The zero-order valence-electron chi connectivity index (χ0n) is 4.00. The molecule has 0 aromatic heterocycles. The van der Waals surface area contributed by atoms with E-state index in [1.54, 1.807) is 0 Å². The Balaban J connectivity index is 3.67. The number of halogens is 1. The molecule has 0 heterocycles. The summed E-state index contributed by atoms with van der Waals surface area (Å²) in [5.74, 6) is -0.818. The number of allylic oxidation sites excluding steroid dienone is 2. The topological polar surface area (TPSA) is 43.1 Å².